The molecule has 0 aliphatic rings. The molecule has 0 spiro atoms. The fourth-order valence-corrected chi connectivity index (χ4v) is 2.22. The van der Waals surface area contributed by atoms with Crippen LogP contribution < -0.4 is 5.32 Å². The van der Waals surface area contributed by atoms with Crippen LogP contribution in [0.25, 0.3) is 0 Å². The van der Waals surface area contributed by atoms with Gasteiger partial charge in [-0.3, -0.25) is 19.9 Å². The summed E-state index contributed by atoms with van der Waals surface area (Å²) in [5.74, 6) is 0.994. The number of amides is 2. The lowest BCUT2D eigenvalue weighted by Gasteiger charge is -2.17. The molecule has 2 N–H and O–H groups in total. The highest BCUT2D eigenvalue weighted by molar-refractivity contribution is 8.00. The van der Waals surface area contributed by atoms with E-state index in [2.05, 4.69) is 5.32 Å². The number of nitrogens with zero attached hydrogens (tertiary/aromatic N) is 1. The van der Waals surface area contributed by atoms with Gasteiger partial charge in [0.2, 0.25) is 12.3 Å². The fraction of sp³-hybridized carbons (Fsp3) is 0.700. The molecule has 0 saturated carbocycles. The summed E-state index contributed by atoms with van der Waals surface area (Å²) in [4.78, 5) is 23.2. The lowest BCUT2D eigenvalue weighted by atomic mass is 10.3. The van der Waals surface area contributed by atoms with Gasteiger partial charge in [-0.25, -0.2) is 0 Å². The van der Waals surface area contributed by atoms with Gasteiger partial charge in [0.25, 0.3) is 0 Å². The van der Waals surface area contributed by atoms with E-state index in [0.29, 0.717) is 30.8 Å². The second kappa shape index (κ2) is 8.15. The third-order valence-electron chi connectivity index (χ3n) is 2.12. The lowest BCUT2D eigenvalue weighted by molar-refractivity contribution is -0.136. The molecule has 1 unspecified atom stereocenters. The van der Waals surface area contributed by atoms with Gasteiger partial charge in [-0.2, -0.15) is 0 Å². The molecule has 0 aliphatic heterocycles. The molecule has 0 rings (SSSR count). The van der Waals surface area contributed by atoms with Crippen molar-refractivity contribution in [2.45, 2.75) is 25.0 Å². The molecule has 6 heteroatoms. The highest BCUT2D eigenvalue weighted by atomic mass is 32.2. The van der Waals surface area contributed by atoms with Gasteiger partial charge in [-0.15, -0.1) is 11.8 Å². The summed E-state index contributed by atoms with van der Waals surface area (Å²) in [6, 6.07) is 0. The van der Waals surface area contributed by atoms with Crippen molar-refractivity contribution in [1.82, 2.24) is 10.2 Å². The molecule has 0 fully saturated rings. The summed E-state index contributed by atoms with van der Waals surface area (Å²) in [5.41, 5.74) is 0. The van der Waals surface area contributed by atoms with Crippen molar-refractivity contribution >= 4 is 29.9 Å². The summed E-state index contributed by atoms with van der Waals surface area (Å²) >= 11 is 1.49. The Morgan fingerprint density at radius 3 is 2.69 bits per heavy atom. The molecular weight excluding hydrogens is 226 g/mol. The highest BCUT2D eigenvalue weighted by Gasteiger charge is 2.20. The molecule has 92 valence electrons. The van der Waals surface area contributed by atoms with Crippen LogP contribution in [0, 0.1) is 5.41 Å². The second-order valence-electron chi connectivity index (χ2n) is 3.30. The summed E-state index contributed by atoms with van der Waals surface area (Å²) in [6.07, 6.45) is 1.82. The Kier molecular flexibility index (Phi) is 7.62. The first-order valence-corrected chi connectivity index (χ1v) is 6.20. The predicted molar refractivity (Wildman–Crippen MR) is 66.8 cm³/mol. The van der Waals surface area contributed by atoms with E-state index in [4.69, 9.17) is 5.41 Å². The van der Waals surface area contributed by atoms with Crippen LogP contribution in [0.2, 0.25) is 0 Å². The summed E-state index contributed by atoms with van der Waals surface area (Å²) in [7, 11) is 3.17. The Morgan fingerprint density at radius 1 is 1.62 bits per heavy atom. The van der Waals surface area contributed by atoms with Crippen LogP contribution >= 0.6 is 11.8 Å². The van der Waals surface area contributed by atoms with Crippen molar-refractivity contribution in [1.29, 1.82) is 5.41 Å². The normalized spacial score (nSPS) is 11.7. The minimum absolute atomic E-state index is 0.168. The number of nitrogens with one attached hydrogen (secondary N) is 2. The van der Waals surface area contributed by atoms with Crippen molar-refractivity contribution < 1.29 is 9.59 Å². The molecule has 0 bridgehead atoms. The molecule has 0 aliphatic carbocycles. The summed E-state index contributed by atoms with van der Waals surface area (Å²) in [6.45, 7) is 1.91. The first kappa shape index (κ1) is 15.0. The van der Waals surface area contributed by atoms with Crippen molar-refractivity contribution in [3.63, 3.8) is 0 Å². The first-order valence-electron chi connectivity index (χ1n) is 5.15. The number of imide groups is 1. The molecule has 0 aromatic carbocycles. The third-order valence-corrected chi connectivity index (χ3v) is 3.50. The van der Waals surface area contributed by atoms with E-state index in [1.807, 2.05) is 6.92 Å². The van der Waals surface area contributed by atoms with Crippen LogP contribution in [0.15, 0.2) is 0 Å². The Morgan fingerprint density at radius 2 is 2.25 bits per heavy atom. The van der Waals surface area contributed by atoms with Crippen molar-refractivity contribution in [2.24, 2.45) is 0 Å². The molecule has 0 saturated heterocycles. The quantitative estimate of drug-likeness (QED) is 0.393. The van der Waals surface area contributed by atoms with Crippen LogP contribution in [0.3, 0.4) is 0 Å². The Hall–Kier alpha value is -1.04. The van der Waals surface area contributed by atoms with Crippen LogP contribution in [-0.2, 0) is 9.59 Å². The zero-order valence-corrected chi connectivity index (χ0v) is 10.8. The van der Waals surface area contributed by atoms with E-state index in [1.165, 1.54) is 18.8 Å². The van der Waals surface area contributed by atoms with Crippen LogP contribution in [-0.4, -0.2) is 48.2 Å². The zero-order chi connectivity index (χ0) is 12.6. The van der Waals surface area contributed by atoms with Gasteiger partial charge in [0.15, 0.2) is 0 Å². The lowest BCUT2D eigenvalue weighted by Crippen LogP contribution is -2.33. The number of carbonyl (C=O) groups excluding carboxylic acids is 2. The van der Waals surface area contributed by atoms with E-state index in [-0.39, 0.29) is 11.2 Å². The van der Waals surface area contributed by atoms with E-state index in [9.17, 15) is 9.59 Å². The standard InChI is InChI=1S/C10H19N3O2S/c1-4-8(10(15)13(3)7-14)16-6-5-9(11)12-2/h7-8H,4-6H2,1-3H3,(H2,11,12). The molecule has 16 heavy (non-hydrogen) atoms. The Bertz CT molecular complexity index is 258. The van der Waals surface area contributed by atoms with Gasteiger partial charge in [0, 0.05) is 26.3 Å². The van der Waals surface area contributed by atoms with Crippen molar-refractivity contribution in [2.75, 3.05) is 19.8 Å². The maximum atomic E-state index is 11.7. The molecule has 0 aromatic rings. The number of rotatable bonds is 7. The van der Waals surface area contributed by atoms with E-state index < -0.39 is 0 Å². The third kappa shape index (κ3) is 5.16. The fourth-order valence-electron chi connectivity index (χ4n) is 1.07. The molecule has 0 heterocycles. The largest absolute Gasteiger partial charge is 0.377 e. The molecular formula is C10H19N3O2S. The minimum Gasteiger partial charge on any atom is -0.377 e. The second-order valence-corrected chi connectivity index (χ2v) is 4.61. The van der Waals surface area contributed by atoms with Crippen LogP contribution in [0.1, 0.15) is 19.8 Å². The average molecular weight is 245 g/mol. The van der Waals surface area contributed by atoms with Gasteiger partial charge in [-0.05, 0) is 6.42 Å². The monoisotopic (exact) mass is 245 g/mol. The maximum absolute atomic E-state index is 11.7. The summed E-state index contributed by atoms with van der Waals surface area (Å²) in [5, 5.41) is 9.93. The van der Waals surface area contributed by atoms with Crippen LogP contribution in [0.5, 0.6) is 0 Å². The Labute approximate surface area is 100 Å². The molecule has 0 radical (unpaired) electrons. The summed E-state index contributed by atoms with van der Waals surface area (Å²) < 4.78 is 0. The SMILES string of the molecule is CCC(SCCC(=N)NC)C(=O)N(C)C=O. The van der Waals surface area contributed by atoms with E-state index in [1.54, 1.807) is 7.05 Å². The van der Waals surface area contributed by atoms with E-state index >= 15 is 0 Å². The molecule has 2 amide bonds. The van der Waals surface area contributed by atoms with Gasteiger partial charge in [-0.1, -0.05) is 6.92 Å². The number of hydrogen-bond acceptors (Lipinski definition) is 4. The molecule has 0 aromatic heterocycles. The zero-order valence-electron chi connectivity index (χ0n) is 9.95. The number of thioether (sulfide) groups is 1. The van der Waals surface area contributed by atoms with Crippen molar-refractivity contribution in [3.05, 3.63) is 0 Å². The van der Waals surface area contributed by atoms with Crippen molar-refractivity contribution in [3.8, 4) is 0 Å². The Balaban J connectivity index is 4.05. The van der Waals surface area contributed by atoms with Crippen LogP contribution in [0.4, 0.5) is 0 Å². The predicted octanol–water partition coefficient (Wildman–Crippen LogP) is 0.700. The van der Waals surface area contributed by atoms with E-state index in [0.717, 1.165) is 4.90 Å². The van der Waals surface area contributed by atoms with Gasteiger partial charge < -0.3 is 5.32 Å². The van der Waals surface area contributed by atoms with Gasteiger partial charge in [0.05, 0.1) is 11.1 Å². The average Bonchev–Trinajstić information content (AvgIpc) is 2.32. The number of carbonyl (C=O) groups is 2. The molecule has 1 atom stereocenters. The highest BCUT2D eigenvalue weighted by Crippen LogP contribution is 2.17. The number of hydrogen-bond donors (Lipinski definition) is 2. The minimum atomic E-state index is -0.195. The smallest absolute Gasteiger partial charge is 0.241 e. The number of amidine groups is 1. The first-order chi connectivity index (χ1) is 7.56. The van der Waals surface area contributed by atoms with Gasteiger partial charge >= 0.3 is 0 Å². The maximum Gasteiger partial charge on any atom is 0.241 e. The topological polar surface area (TPSA) is 73.3 Å². The molecule has 5 nitrogen and oxygen atoms in total. The van der Waals surface area contributed by atoms with Gasteiger partial charge in [0.1, 0.15) is 0 Å².